The molecule has 0 spiro atoms. The smallest absolute Gasteiger partial charge is 0.125 e. The molecule has 2 rings (SSSR count). The fraction of sp³-hybridized carbons (Fsp3) is 0.667. The molecule has 1 aromatic rings. The Morgan fingerprint density at radius 1 is 1.38 bits per heavy atom. The minimum absolute atomic E-state index is 0.161. The Morgan fingerprint density at radius 3 is 2.81 bits per heavy atom. The van der Waals surface area contributed by atoms with Gasteiger partial charge in [0.25, 0.3) is 0 Å². The van der Waals surface area contributed by atoms with Gasteiger partial charge in [0.1, 0.15) is 5.82 Å². The Bertz CT molecular complexity index is 458. The second kappa shape index (κ2) is 6.78. The van der Waals surface area contributed by atoms with Gasteiger partial charge in [-0.25, -0.2) is 4.39 Å². The third kappa shape index (κ3) is 3.97. The van der Waals surface area contributed by atoms with E-state index in [0.717, 1.165) is 18.8 Å². The maximum Gasteiger partial charge on any atom is 0.125 e. The summed E-state index contributed by atoms with van der Waals surface area (Å²) in [5, 5.41) is 3.69. The molecule has 0 aliphatic heterocycles. The summed E-state index contributed by atoms with van der Waals surface area (Å²) >= 11 is 0. The predicted octanol–water partition coefficient (Wildman–Crippen LogP) is 4.07. The Labute approximate surface area is 128 Å². The number of anilines is 1. The summed E-state index contributed by atoms with van der Waals surface area (Å²) in [7, 11) is 2.07. The molecule has 118 valence electrons. The maximum absolute atomic E-state index is 13.4. The average Bonchev–Trinajstić information content (AvgIpc) is 2.42. The first kappa shape index (κ1) is 16.3. The zero-order valence-electron chi connectivity index (χ0n) is 13.8. The number of hydrogen-bond acceptors (Lipinski definition) is 2. The molecule has 1 fully saturated rings. The van der Waals surface area contributed by atoms with E-state index in [1.54, 1.807) is 12.1 Å². The Hall–Kier alpha value is -1.09. The highest BCUT2D eigenvalue weighted by Crippen LogP contribution is 2.39. The lowest BCUT2D eigenvalue weighted by atomic mass is 9.67. The Kier molecular flexibility index (Phi) is 5.26. The van der Waals surface area contributed by atoms with Gasteiger partial charge in [0, 0.05) is 25.3 Å². The number of benzene rings is 1. The zero-order chi connectivity index (χ0) is 15.5. The lowest BCUT2D eigenvalue weighted by molar-refractivity contribution is 0.113. The van der Waals surface area contributed by atoms with Crippen molar-refractivity contribution >= 4 is 5.69 Å². The van der Waals surface area contributed by atoms with Crippen LogP contribution in [0.5, 0.6) is 0 Å². The van der Waals surface area contributed by atoms with Gasteiger partial charge < -0.3 is 10.2 Å². The van der Waals surface area contributed by atoms with Crippen LogP contribution in [0.25, 0.3) is 0 Å². The molecule has 0 amide bonds. The van der Waals surface area contributed by atoms with E-state index in [1.807, 2.05) is 6.07 Å². The van der Waals surface area contributed by atoms with Crippen LogP contribution in [0, 0.1) is 17.2 Å². The first-order chi connectivity index (χ1) is 9.94. The molecule has 0 saturated heterocycles. The average molecular weight is 292 g/mol. The molecular weight excluding hydrogens is 263 g/mol. The molecule has 1 saturated carbocycles. The van der Waals surface area contributed by atoms with Gasteiger partial charge in [0.2, 0.25) is 0 Å². The van der Waals surface area contributed by atoms with Crippen LogP contribution in [0.15, 0.2) is 24.3 Å². The third-order valence-corrected chi connectivity index (χ3v) is 4.89. The molecule has 0 radical (unpaired) electrons. The molecular formula is C18H29FN2. The summed E-state index contributed by atoms with van der Waals surface area (Å²) in [4.78, 5) is 2.19. The molecule has 2 unspecified atom stereocenters. The van der Waals surface area contributed by atoms with Gasteiger partial charge in [-0.05, 0) is 48.9 Å². The molecule has 21 heavy (non-hydrogen) atoms. The van der Waals surface area contributed by atoms with Crippen LogP contribution < -0.4 is 10.2 Å². The number of nitrogens with zero attached hydrogens (tertiary/aromatic N) is 1. The minimum atomic E-state index is -0.161. The van der Waals surface area contributed by atoms with Crippen molar-refractivity contribution < 1.29 is 4.39 Å². The van der Waals surface area contributed by atoms with E-state index in [0.29, 0.717) is 17.4 Å². The van der Waals surface area contributed by atoms with Crippen molar-refractivity contribution in [2.75, 3.05) is 25.0 Å². The van der Waals surface area contributed by atoms with Crippen molar-refractivity contribution in [2.24, 2.45) is 11.3 Å². The number of nitrogens with one attached hydrogen (secondary N) is 1. The quantitative estimate of drug-likeness (QED) is 0.880. The van der Waals surface area contributed by atoms with Gasteiger partial charge in [0.05, 0.1) is 0 Å². The lowest BCUT2D eigenvalue weighted by Crippen LogP contribution is -2.52. The second-order valence-corrected chi connectivity index (χ2v) is 7.04. The summed E-state index contributed by atoms with van der Waals surface area (Å²) in [6.45, 7) is 8.90. The molecule has 1 aliphatic carbocycles. The number of hydrogen-bond donors (Lipinski definition) is 1. The monoisotopic (exact) mass is 292 g/mol. The van der Waals surface area contributed by atoms with Crippen molar-refractivity contribution in [3.63, 3.8) is 0 Å². The van der Waals surface area contributed by atoms with E-state index in [1.165, 1.54) is 25.3 Å². The predicted molar refractivity (Wildman–Crippen MR) is 88.3 cm³/mol. The molecule has 1 aromatic carbocycles. The first-order valence-corrected chi connectivity index (χ1v) is 8.14. The Morgan fingerprint density at radius 2 is 2.14 bits per heavy atom. The van der Waals surface area contributed by atoms with Crippen LogP contribution in [0.1, 0.15) is 40.0 Å². The minimum Gasteiger partial charge on any atom is -0.374 e. The molecule has 1 N–H and O–H groups in total. The van der Waals surface area contributed by atoms with Crippen molar-refractivity contribution in [2.45, 2.75) is 46.1 Å². The second-order valence-electron chi connectivity index (χ2n) is 7.04. The standard InChI is InChI=1S/C18H29FN2/c1-5-20-17-14(8-7-11-18(17,2)3)13-21(4)16-10-6-9-15(19)12-16/h6,9-10,12,14,17,20H,5,7-8,11,13H2,1-4H3. The Balaban J connectivity index is 2.09. The van der Waals surface area contributed by atoms with E-state index in [2.05, 4.69) is 38.0 Å². The van der Waals surface area contributed by atoms with E-state index >= 15 is 0 Å². The topological polar surface area (TPSA) is 15.3 Å². The van der Waals surface area contributed by atoms with Gasteiger partial charge in [-0.1, -0.05) is 33.3 Å². The van der Waals surface area contributed by atoms with Gasteiger partial charge in [0.15, 0.2) is 0 Å². The van der Waals surface area contributed by atoms with Crippen molar-refractivity contribution in [3.05, 3.63) is 30.1 Å². The van der Waals surface area contributed by atoms with E-state index < -0.39 is 0 Å². The van der Waals surface area contributed by atoms with Crippen molar-refractivity contribution in [3.8, 4) is 0 Å². The van der Waals surface area contributed by atoms with Gasteiger partial charge in [-0.3, -0.25) is 0 Å². The molecule has 2 nitrogen and oxygen atoms in total. The van der Waals surface area contributed by atoms with Crippen LogP contribution in [-0.4, -0.2) is 26.2 Å². The summed E-state index contributed by atoms with van der Waals surface area (Å²) in [5.74, 6) is 0.452. The van der Waals surface area contributed by atoms with Crippen LogP contribution in [0.2, 0.25) is 0 Å². The highest BCUT2D eigenvalue weighted by molar-refractivity contribution is 5.45. The molecule has 2 atom stereocenters. The molecule has 0 heterocycles. The van der Waals surface area contributed by atoms with Gasteiger partial charge >= 0.3 is 0 Å². The lowest BCUT2D eigenvalue weighted by Gasteiger charge is -2.46. The summed E-state index contributed by atoms with van der Waals surface area (Å²) < 4.78 is 13.4. The van der Waals surface area contributed by atoms with Crippen molar-refractivity contribution in [1.82, 2.24) is 5.32 Å². The SMILES string of the molecule is CCNC1C(CN(C)c2cccc(F)c2)CCCC1(C)C. The van der Waals surface area contributed by atoms with Crippen LogP contribution in [-0.2, 0) is 0 Å². The highest BCUT2D eigenvalue weighted by Gasteiger charge is 2.38. The number of rotatable bonds is 5. The van der Waals surface area contributed by atoms with E-state index in [9.17, 15) is 4.39 Å². The van der Waals surface area contributed by atoms with E-state index in [4.69, 9.17) is 0 Å². The fourth-order valence-electron chi connectivity index (χ4n) is 3.81. The third-order valence-electron chi connectivity index (χ3n) is 4.89. The molecule has 0 aromatic heterocycles. The van der Waals surface area contributed by atoms with Crippen LogP contribution in [0.4, 0.5) is 10.1 Å². The normalized spacial score (nSPS) is 24.8. The molecule has 0 bridgehead atoms. The largest absolute Gasteiger partial charge is 0.374 e. The summed E-state index contributed by atoms with van der Waals surface area (Å²) in [6.07, 6.45) is 3.82. The maximum atomic E-state index is 13.4. The fourth-order valence-corrected chi connectivity index (χ4v) is 3.81. The van der Waals surface area contributed by atoms with E-state index in [-0.39, 0.29) is 5.82 Å². The van der Waals surface area contributed by atoms with Gasteiger partial charge in [-0.15, -0.1) is 0 Å². The summed E-state index contributed by atoms with van der Waals surface area (Å²) in [5.41, 5.74) is 1.30. The highest BCUT2D eigenvalue weighted by atomic mass is 19.1. The van der Waals surface area contributed by atoms with Crippen LogP contribution in [0.3, 0.4) is 0 Å². The van der Waals surface area contributed by atoms with Crippen LogP contribution >= 0.6 is 0 Å². The van der Waals surface area contributed by atoms with Gasteiger partial charge in [-0.2, -0.15) is 0 Å². The van der Waals surface area contributed by atoms with Crippen molar-refractivity contribution in [1.29, 1.82) is 0 Å². The first-order valence-electron chi connectivity index (χ1n) is 8.14. The zero-order valence-corrected chi connectivity index (χ0v) is 13.8. The summed E-state index contributed by atoms with van der Waals surface area (Å²) in [6, 6.07) is 7.43. The number of halogens is 1. The molecule has 3 heteroatoms. The molecule has 1 aliphatic rings.